The molecule has 5 nitrogen and oxygen atoms in total. The van der Waals surface area contributed by atoms with Crippen LogP contribution in [-0.4, -0.2) is 59.2 Å². The van der Waals surface area contributed by atoms with E-state index in [1.807, 2.05) is 0 Å². The fourth-order valence-electron chi connectivity index (χ4n) is 4.12. The molecule has 0 saturated carbocycles. The molecule has 2 heterocycles. The Hall–Kier alpha value is -2.37. The van der Waals surface area contributed by atoms with Gasteiger partial charge in [0.25, 0.3) is 0 Å². The van der Waals surface area contributed by atoms with E-state index in [0.717, 1.165) is 70.0 Å². The van der Waals surface area contributed by atoms with Gasteiger partial charge in [-0.05, 0) is 63.1 Å². The van der Waals surface area contributed by atoms with E-state index in [1.54, 1.807) is 0 Å². The predicted molar refractivity (Wildman–Crippen MR) is 123 cm³/mol. The van der Waals surface area contributed by atoms with Crippen molar-refractivity contribution >= 4 is 11.0 Å². The molecule has 1 aliphatic rings. The highest BCUT2D eigenvalue weighted by Crippen LogP contribution is 2.21. The Bertz CT molecular complexity index is 972. The lowest BCUT2D eigenvalue weighted by atomic mass is 10.1. The molecule has 160 valence electrons. The monoisotopic (exact) mass is 406 g/mol. The van der Waals surface area contributed by atoms with Crippen LogP contribution in [-0.2, 0) is 13.1 Å². The van der Waals surface area contributed by atoms with Crippen LogP contribution in [0.4, 0.5) is 0 Å². The summed E-state index contributed by atoms with van der Waals surface area (Å²) in [6.07, 6.45) is 2.12. The molecule has 0 spiro atoms. The highest BCUT2D eigenvalue weighted by molar-refractivity contribution is 5.75. The summed E-state index contributed by atoms with van der Waals surface area (Å²) < 4.78 is 8.47. The minimum Gasteiger partial charge on any atom is -0.493 e. The number of nitrogens with zero attached hydrogens (tertiary/aromatic N) is 4. The molecule has 1 aromatic heterocycles. The lowest BCUT2D eigenvalue weighted by Crippen LogP contribution is -2.44. The van der Waals surface area contributed by atoms with Crippen LogP contribution in [0.2, 0.25) is 0 Å². The van der Waals surface area contributed by atoms with Crippen LogP contribution in [0.1, 0.15) is 29.8 Å². The summed E-state index contributed by atoms with van der Waals surface area (Å²) in [5.41, 5.74) is 4.80. The third-order valence-electron chi connectivity index (χ3n) is 6.07. The van der Waals surface area contributed by atoms with E-state index in [4.69, 9.17) is 9.72 Å². The van der Waals surface area contributed by atoms with Crippen LogP contribution in [0.15, 0.2) is 42.5 Å². The fraction of sp³-hybridized carbons (Fsp3) is 0.480. The Morgan fingerprint density at radius 3 is 2.60 bits per heavy atom. The number of benzene rings is 2. The van der Waals surface area contributed by atoms with E-state index in [2.05, 4.69) is 77.7 Å². The van der Waals surface area contributed by atoms with Gasteiger partial charge >= 0.3 is 0 Å². The SMILES string of the molecule is Cc1ccc(C)c(OCCCCn2c(CN3CCN(C)CC3)nc3ccccc32)c1. The van der Waals surface area contributed by atoms with Crippen LogP contribution in [0.25, 0.3) is 11.0 Å². The van der Waals surface area contributed by atoms with E-state index in [0.29, 0.717) is 0 Å². The average molecular weight is 407 g/mol. The second-order valence-electron chi connectivity index (χ2n) is 8.57. The van der Waals surface area contributed by atoms with Crippen molar-refractivity contribution in [1.82, 2.24) is 19.4 Å². The van der Waals surface area contributed by atoms with Gasteiger partial charge in [-0.15, -0.1) is 0 Å². The molecule has 1 aliphatic heterocycles. The molecule has 5 heteroatoms. The summed E-state index contributed by atoms with van der Waals surface area (Å²) in [6.45, 7) is 11.4. The number of aromatic nitrogens is 2. The third kappa shape index (κ3) is 5.02. The molecule has 0 bridgehead atoms. The summed E-state index contributed by atoms with van der Waals surface area (Å²) >= 11 is 0. The summed E-state index contributed by atoms with van der Waals surface area (Å²) in [5, 5.41) is 0. The van der Waals surface area contributed by atoms with Gasteiger partial charge in [0.2, 0.25) is 0 Å². The number of likely N-dealkylation sites (N-methyl/N-ethyl adjacent to an activating group) is 1. The molecule has 0 atom stereocenters. The molecule has 30 heavy (non-hydrogen) atoms. The van der Waals surface area contributed by atoms with Gasteiger partial charge in [-0.25, -0.2) is 4.98 Å². The Balaban J connectivity index is 1.37. The summed E-state index contributed by atoms with van der Waals surface area (Å²) in [6, 6.07) is 14.9. The van der Waals surface area contributed by atoms with Crippen molar-refractivity contribution in [2.75, 3.05) is 39.8 Å². The maximum absolute atomic E-state index is 6.05. The first kappa shape index (κ1) is 20.9. The van der Waals surface area contributed by atoms with Gasteiger partial charge in [0.15, 0.2) is 0 Å². The molecule has 0 unspecified atom stereocenters. The van der Waals surface area contributed by atoms with Crippen molar-refractivity contribution in [1.29, 1.82) is 0 Å². The second kappa shape index (κ2) is 9.63. The van der Waals surface area contributed by atoms with E-state index < -0.39 is 0 Å². The maximum atomic E-state index is 6.05. The van der Waals surface area contributed by atoms with Crippen molar-refractivity contribution in [3.63, 3.8) is 0 Å². The Morgan fingerprint density at radius 2 is 1.77 bits per heavy atom. The van der Waals surface area contributed by atoms with E-state index >= 15 is 0 Å². The zero-order valence-corrected chi connectivity index (χ0v) is 18.6. The summed E-state index contributed by atoms with van der Waals surface area (Å²) in [7, 11) is 2.20. The molecule has 4 rings (SSSR count). The first-order chi connectivity index (χ1) is 14.6. The van der Waals surface area contributed by atoms with E-state index in [9.17, 15) is 0 Å². The zero-order valence-electron chi connectivity index (χ0n) is 18.6. The van der Waals surface area contributed by atoms with Crippen LogP contribution >= 0.6 is 0 Å². The lowest BCUT2D eigenvalue weighted by molar-refractivity contribution is 0.144. The van der Waals surface area contributed by atoms with Crippen LogP contribution in [0.5, 0.6) is 5.75 Å². The highest BCUT2D eigenvalue weighted by atomic mass is 16.5. The third-order valence-corrected chi connectivity index (χ3v) is 6.07. The predicted octanol–water partition coefficient (Wildman–Crippen LogP) is 4.26. The van der Waals surface area contributed by atoms with E-state index in [1.165, 1.54) is 22.5 Å². The Morgan fingerprint density at radius 1 is 0.967 bits per heavy atom. The van der Waals surface area contributed by atoms with Crippen LogP contribution < -0.4 is 4.74 Å². The minimum absolute atomic E-state index is 0.755. The van der Waals surface area contributed by atoms with E-state index in [-0.39, 0.29) is 0 Å². The van der Waals surface area contributed by atoms with Crippen molar-refractivity contribution < 1.29 is 4.74 Å². The van der Waals surface area contributed by atoms with Crippen LogP contribution in [0.3, 0.4) is 0 Å². The molecule has 0 N–H and O–H groups in total. The average Bonchev–Trinajstić information content (AvgIpc) is 3.09. The molecular formula is C25H34N4O. The molecule has 3 aromatic rings. The van der Waals surface area contributed by atoms with Gasteiger partial charge in [0.1, 0.15) is 11.6 Å². The highest BCUT2D eigenvalue weighted by Gasteiger charge is 2.18. The molecule has 2 aromatic carbocycles. The lowest BCUT2D eigenvalue weighted by Gasteiger charge is -2.32. The van der Waals surface area contributed by atoms with Crippen LogP contribution in [0, 0.1) is 13.8 Å². The molecule has 1 saturated heterocycles. The number of imidazole rings is 1. The van der Waals surface area contributed by atoms with Gasteiger partial charge in [-0.3, -0.25) is 4.90 Å². The molecule has 1 fully saturated rings. The minimum atomic E-state index is 0.755. The summed E-state index contributed by atoms with van der Waals surface area (Å²) in [5.74, 6) is 2.20. The number of aryl methyl sites for hydroxylation is 3. The fourth-order valence-corrected chi connectivity index (χ4v) is 4.12. The largest absolute Gasteiger partial charge is 0.493 e. The molecule has 0 radical (unpaired) electrons. The van der Waals surface area contributed by atoms with Crippen molar-refractivity contribution in [2.45, 2.75) is 39.8 Å². The Labute approximate surface area is 180 Å². The number of rotatable bonds is 8. The van der Waals surface area contributed by atoms with Crippen molar-refractivity contribution in [2.24, 2.45) is 0 Å². The van der Waals surface area contributed by atoms with Gasteiger partial charge in [0.05, 0.1) is 24.2 Å². The molecule has 0 aliphatic carbocycles. The van der Waals surface area contributed by atoms with Gasteiger partial charge < -0.3 is 14.2 Å². The first-order valence-corrected chi connectivity index (χ1v) is 11.2. The maximum Gasteiger partial charge on any atom is 0.124 e. The topological polar surface area (TPSA) is 33.5 Å². The molecular weight excluding hydrogens is 372 g/mol. The number of hydrogen-bond donors (Lipinski definition) is 0. The number of ether oxygens (including phenoxy) is 1. The zero-order chi connectivity index (χ0) is 20.9. The summed E-state index contributed by atoms with van der Waals surface area (Å²) in [4.78, 5) is 9.90. The first-order valence-electron chi connectivity index (χ1n) is 11.2. The molecule has 0 amide bonds. The number of piperazine rings is 1. The van der Waals surface area contributed by atoms with Gasteiger partial charge in [-0.1, -0.05) is 24.3 Å². The second-order valence-corrected chi connectivity index (χ2v) is 8.57. The van der Waals surface area contributed by atoms with Crippen molar-refractivity contribution in [3.8, 4) is 5.75 Å². The van der Waals surface area contributed by atoms with Crippen molar-refractivity contribution in [3.05, 3.63) is 59.4 Å². The standard InChI is InChI=1S/C25H34N4O/c1-20-10-11-21(2)24(18-20)30-17-7-6-12-29-23-9-5-4-8-22(23)26-25(29)19-28-15-13-27(3)14-16-28/h4-5,8-11,18H,6-7,12-17,19H2,1-3H3. The number of para-hydroxylation sites is 2. The van der Waals surface area contributed by atoms with Gasteiger partial charge in [0, 0.05) is 32.7 Å². The quantitative estimate of drug-likeness (QED) is 0.524. The number of unbranched alkanes of at least 4 members (excludes halogenated alkanes) is 1. The smallest absolute Gasteiger partial charge is 0.124 e. The Kier molecular flexibility index (Phi) is 6.70. The van der Waals surface area contributed by atoms with Gasteiger partial charge in [-0.2, -0.15) is 0 Å². The number of fused-ring (bicyclic) bond motifs is 1. The number of hydrogen-bond acceptors (Lipinski definition) is 4. The normalized spacial score (nSPS) is 15.7.